The molecular formula is C12H10N2S. The Kier molecular flexibility index (Phi) is 1.86. The topological polar surface area (TPSA) is 28.7 Å². The largest absolute Gasteiger partial charge is 0.358 e. The Morgan fingerprint density at radius 1 is 1.27 bits per heavy atom. The lowest BCUT2D eigenvalue weighted by Gasteiger charge is -1.94. The summed E-state index contributed by atoms with van der Waals surface area (Å²) in [6.07, 6.45) is 1.85. The van der Waals surface area contributed by atoms with Crippen LogP contribution in [0.4, 0.5) is 0 Å². The van der Waals surface area contributed by atoms with Crippen LogP contribution in [0.2, 0.25) is 0 Å². The van der Waals surface area contributed by atoms with Crippen molar-refractivity contribution >= 4 is 22.2 Å². The van der Waals surface area contributed by atoms with E-state index in [0.717, 1.165) is 5.01 Å². The van der Waals surface area contributed by atoms with Crippen LogP contribution in [0.25, 0.3) is 21.5 Å². The smallest absolute Gasteiger partial charge is 0.125 e. The third-order valence-corrected chi connectivity index (χ3v) is 3.33. The fourth-order valence-corrected chi connectivity index (χ4v) is 2.65. The van der Waals surface area contributed by atoms with E-state index in [1.54, 1.807) is 11.3 Å². The van der Waals surface area contributed by atoms with Crippen LogP contribution < -0.4 is 0 Å². The maximum Gasteiger partial charge on any atom is 0.125 e. The van der Waals surface area contributed by atoms with E-state index in [2.05, 4.69) is 35.1 Å². The van der Waals surface area contributed by atoms with Crippen LogP contribution in [0.5, 0.6) is 0 Å². The number of aryl methyl sites for hydroxylation is 1. The molecule has 2 aromatic heterocycles. The number of benzene rings is 1. The molecule has 0 atom stereocenters. The predicted molar refractivity (Wildman–Crippen MR) is 64.1 cm³/mol. The summed E-state index contributed by atoms with van der Waals surface area (Å²) in [7, 11) is 0. The Labute approximate surface area is 91.6 Å². The van der Waals surface area contributed by atoms with Gasteiger partial charge in [0.15, 0.2) is 0 Å². The molecule has 0 fully saturated rings. The van der Waals surface area contributed by atoms with Gasteiger partial charge in [-0.25, -0.2) is 4.98 Å². The summed E-state index contributed by atoms with van der Waals surface area (Å²) >= 11 is 1.68. The SMILES string of the molecule is Cc1[nH]c2ccccc2c1-c1nccs1. The molecule has 0 radical (unpaired) electrons. The van der Waals surface area contributed by atoms with Crippen LogP contribution in [0, 0.1) is 6.92 Å². The second-order valence-corrected chi connectivity index (χ2v) is 4.40. The van der Waals surface area contributed by atoms with Crippen molar-refractivity contribution in [3.63, 3.8) is 0 Å². The first-order valence-corrected chi connectivity index (χ1v) is 5.71. The van der Waals surface area contributed by atoms with Gasteiger partial charge in [0.05, 0.1) is 0 Å². The Bertz CT molecular complexity index is 593. The quantitative estimate of drug-likeness (QED) is 0.658. The van der Waals surface area contributed by atoms with Gasteiger partial charge in [-0.15, -0.1) is 11.3 Å². The van der Waals surface area contributed by atoms with Crippen molar-refractivity contribution in [2.75, 3.05) is 0 Å². The highest BCUT2D eigenvalue weighted by Crippen LogP contribution is 2.32. The van der Waals surface area contributed by atoms with Gasteiger partial charge in [-0.05, 0) is 13.0 Å². The van der Waals surface area contributed by atoms with E-state index >= 15 is 0 Å². The molecule has 0 aliphatic carbocycles. The Morgan fingerprint density at radius 2 is 2.13 bits per heavy atom. The summed E-state index contributed by atoms with van der Waals surface area (Å²) in [6.45, 7) is 2.09. The molecule has 0 amide bonds. The summed E-state index contributed by atoms with van der Waals surface area (Å²) in [5, 5.41) is 4.35. The fourth-order valence-electron chi connectivity index (χ4n) is 1.90. The molecule has 0 saturated heterocycles. The molecule has 3 rings (SSSR count). The number of H-pyrrole nitrogens is 1. The maximum absolute atomic E-state index is 4.37. The summed E-state index contributed by atoms with van der Waals surface area (Å²) in [5.74, 6) is 0. The Hall–Kier alpha value is -1.61. The average molecular weight is 214 g/mol. The predicted octanol–water partition coefficient (Wildman–Crippen LogP) is 3.60. The zero-order valence-electron chi connectivity index (χ0n) is 8.32. The lowest BCUT2D eigenvalue weighted by Crippen LogP contribution is -1.76. The Balaban J connectivity index is 2.39. The van der Waals surface area contributed by atoms with E-state index in [-0.39, 0.29) is 0 Å². The van der Waals surface area contributed by atoms with Gasteiger partial charge in [0.25, 0.3) is 0 Å². The van der Waals surface area contributed by atoms with E-state index in [1.165, 1.54) is 22.2 Å². The van der Waals surface area contributed by atoms with Crippen molar-refractivity contribution in [1.29, 1.82) is 0 Å². The molecule has 15 heavy (non-hydrogen) atoms. The summed E-state index contributed by atoms with van der Waals surface area (Å²) in [5.41, 5.74) is 3.60. The molecule has 0 unspecified atom stereocenters. The molecule has 74 valence electrons. The number of nitrogens with zero attached hydrogens (tertiary/aromatic N) is 1. The molecular weight excluding hydrogens is 204 g/mol. The van der Waals surface area contributed by atoms with Crippen molar-refractivity contribution in [1.82, 2.24) is 9.97 Å². The number of aromatic nitrogens is 2. The molecule has 0 aliphatic rings. The van der Waals surface area contributed by atoms with Crippen molar-refractivity contribution in [3.8, 4) is 10.6 Å². The number of hydrogen-bond acceptors (Lipinski definition) is 2. The van der Waals surface area contributed by atoms with Crippen molar-refractivity contribution in [2.45, 2.75) is 6.92 Å². The minimum Gasteiger partial charge on any atom is -0.358 e. The molecule has 2 nitrogen and oxygen atoms in total. The summed E-state index contributed by atoms with van der Waals surface area (Å²) < 4.78 is 0. The summed E-state index contributed by atoms with van der Waals surface area (Å²) in [6, 6.07) is 8.34. The summed E-state index contributed by atoms with van der Waals surface area (Å²) in [4.78, 5) is 7.75. The van der Waals surface area contributed by atoms with Crippen LogP contribution >= 0.6 is 11.3 Å². The van der Waals surface area contributed by atoms with Crippen molar-refractivity contribution in [2.24, 2.45) is 0 Å². The lowest BCUT2D eigenvalue weighted by molar-refractivity contribution is 1.29. The molecule has 3 aromatic rings. The van der Waals surface area contributed by atoms with Crippen LogP contribution in [-0.2, 0) is 0 Å². The van der Waals surface area contributed by atoms with E-state index in [0.29, 0.717) is 0 Å². The highest BCUT2D eigenvalue weighted by atomic mass is 32.1. The molecule has 0 saturated carbocycles. The van der Waals surface area contributed by atoms with Crippen LogP contribution in [-0.4, -0.2) is 9.97 Å². The molecule has 1 aromatic carbocycles. The molecule has 0 bridgehead atoms. The highest BCUT2D eigenvalue weighted by Gasteiger charge is 2.11. The maximum atomic E-state index is 4.37. The van der Waals surface area contributed by atoms with E-state index in [9.17, 15) is 0 Å². The molecule has 2 heterocycles. The minimum absolute atomic E-state index is 1.09. The van der Waals surface area contributed by atoms with Crippen molar-refractivity contribution in [3.05, 3.63) is 41.5 Å². The number of rotatable bonds is 1. The van der Waals surface area contributed by atoms with Gasteiger partial charge in [-0.2, -0.15) is 0 Å². The van der Waals surface area contributed by atoms with Crippen molar-refractivity contribution < 1.29 is 0 Å². The van der Waals surface area contributed by atoms with Gasteiger partial charge in [0, 0.05) is 33.7 Å². The second kappa shape index (κ2) is 3.21. The number of fused-ring (bicyclic) bond motifs is 1. The van der Waals surface area contributed by atoms with Gasteiger partial charge in [0.2, 0.25) is 0 Å². The van der Waals surface area contributed by atoms with Gasteiger partial charge >= 0.3 is 0 Å². The molecule has 1 N–H and O–H groups in total. The molecule has 0 aliphatic heterocycles. The molecule has 3 heteroatoms. The first-order chi connectivity index (χ1) is 7.36. The van der Waals surface area contributed by atoms with Gasteiger partial charge < -0.3 is 4.98 Å². The second-order valence-electron chi connectivity index (χ2n) is 3.51. The van der Waals surface area contributed by atoms with Gasteiger partial charge in [-0.3, -0.25) is 0 Å². The van der Waals surface area contributed by atoms with E-state index in [1.807, 2.05) is 17.6 Å². The first-order valence-electron chi connectivity index (χ1n) is 4.83. The third-order valence-electron chi connectivity index (χ3n) is 2.54. The third kappa shape index (κ3) is 1.27. The fraction of sp³-hybridized carbons (Fsp3) is 0.0833. The normalized spacial score (nSPS) is 11.0. The number of nitrogens with one attached hydrogen (secondary N) is 1. The standard InChI is InChI=1S/C12H10N2S/c1-8-11(12-13-6-7-15-12)9-4-2-3-5-10(9)14-8/h2-7,14H,1H3. The number of thiazole rings is 1. The lowest BCUT2D eigenvalue weighted by atomic mass is 10.1. The zero-order chi connectivity index (χ0) is 10.3. The minimum atomic E-state index is 1.09. The zero-order valence-corrected chi connectivity index (χ0v) is 9.14. The highest BCUT2D eigenvalue weighted by molar-refractivity contribution is 7.13. The van der Waals surface area contributed by atoms with Crippen LogP contribution in [0.1, 0.15) is 5.69 Å². The Morgan fingerprint density at radius 3 is 2.93 bits per heavy atom. The monoisotopic (exact) mass is 214 g/mol. The van der Waals surface area contributed by atoms with E-state index < -0.39 is 0 Å². The van der Waals surface area contributed by atoms with Gasteiger partial charge in [0.1, 0.15) is 5.01 Å². The number of hydrogen-bond donors (Lipinski definition) is 1. The first kappa shape index (κ1) is 8.68. The molecule has 0 spiro atoms. The average Bonchev–Trinajstić information content (AvgIpc) is 2.82. The number of aromatic amines is 1. The van der Waals surface area contributed by atoms with Gasteiger partial charge in [-0.1, -0.05) is 18.2 Å². The van der Waals surface area contributed by atoms with Crippen LogP contribution in [0.15, 0.2) is 35.8 Å². The van der Waals surface area contributed by atoms with Crippen LogP contribution in [0.3, 0.4) is 0 Å². The van der Waals surface area contributed by atoms with E-state index in [4.69, 9.17) is 0 Å². The number of para-hydroxylation sites is 1.